The van der Waals surface area contributed by atoms with Crippen LogP contribution < -0.4 is 10.2 Å². The molecule has 2 amide bonds. The fraction of sp³-hybridized carbons (Fsp3) is 0.435. The molecule has 0 bridgehead atoms. The molecule has 1 N–H and O–H groups in total. The van der Waals surface area contributed by atoms with Crippen LogP contribution in [0.3, 0.4) is 0 Å². The Morgan fingerprint density at radius 3 is 2.35 bits per heavy atom. The SMILES string of the molecule is CC(NC(=O)N1CCN(c2ncccn2)CC1(C)C)C(C)C(=O)c1ccc(C#N)cc1. The van der Waals surface area contributed by atoms with Gasteiger partial charge in [-0.1, -0.05) is 19.1 Å². The van der Waals surface area contributed by atoms with E-state index in [0.717, 1.165) is 0 Å². The van der Waals surface area contributed by atoms with Gasteiger partial charge in [-0.15, -0.1) is 0 Å². The van der Waals surface area contributed by atoms with Crippen molar-refractivity contribution in [1.82, 2.24) is 20.2 Å². The van der Waals surface area contributed by atoms with Gasteiger partial charge in [-0.05, 0) is 39.0 Å². The number of piperazine rings is 1. The van der Waals surface area contributed by atoms with Gasteiger partial charge in [0.1, 0.15) is 0 Å². The maximum absolute atomic E-state index is 13.0. The summed E-state index contributed by atoms with van der Waals surface area (Å²) in [5.74, 6) is 0.187. The van der Waals surface area contributed by atoms with Crippen LogP contribution in [0.1, 0.15) is 43.6 Å². The third kappa shape index (κ3) is 5.00. The first-order valence-electron chi connectivity index (χ1n) is 10.4. The molecule has 1 aliphatic heterocycles. The zero-order valence-corrected chi connectivity index (χ0v) is 18.4. The number of urea groups is 1. The summed E-state index contributed by atoms with van der Waals surface area (Å²) in [6, 6.07) is 9.85. The molecule has 2 unspecified atom stereocenters. The number of anilines is 1. The van der Waals surface area contributed by atoms with Crippen molar-refractivity contribution >= 4 is 17.8 Å². The Morgan fingerprint density at radius 2 is 1.77 bits per heavy atom. The number of nitriles is 1. The average molecular weight is 421 g/mol. The van der Waals surface area contributed by atoms with Gasteiger partial charge < -0.3 is 15.1 Å². The van der Waals surface area contributed by atoms with E-state index in [-0.39, 0.29) is 17.9 Å². The molecule has 8 heteroatoms. The van der Waals surface area contributed by atoms with Gasteiger partial charge in [0.15, 0.2) is 5.78 Å². The molecule has 162 valence electrons. The monoisotopic (exact) mass is 420 g/mol. The molecule has 1 aliphatic rings. The van der Waals surface area contributed by atoms with Crippen LogP contribution in [0.15, 0.2) is 42.7 Å². The maximum Gasteiger partial charge on any atom is 0.318 e. The van der Waals surface area contributed by atoms with E-state index in [1.54, 1.807) is 49.6 Å². The van der Waals surface area contributed by atoms with Crippen LogP contribution in [0.4, 0.5) is 10.7 Å². The topological polar surface area (TPSA) is 102 Å². The van der Waals surface area contributed by atoms with Crippen LogP contribution >= 0.6 is 0 Å². The van der Waals surface area contributed by atoms with E-state index in [0.29, 0.717) is 36.7 Å². The van der Waals surface area contributed by atoms with Crippen LogP contribution in [0, 0.1) is 17.2 Å². The lowest BCUT2D eigenvalue weighted by Gasteiger charge is -2.47. The standard InChI is InChI=1S/C23H28N6O2/c1-16(20(30)19-8-6-18(14-24)7-9-19)17(2)27-22(31)29-13-12-28(15-23(29,3)4)21-25-10-5-11-26-21/h5-11,16-17H,12-13,15H2,1-4H3,(H,27,31). The van der Waals surface area contributed by atoms with Crippen molar-refractivity contribution < 1.29 is 9.59 Å². The van der Waals surface area contributed by atoms with Crippen molar-refractivity contribution in [2.75, 3.05) is 24.5 Å². The number of carbonyl (C=O) groups excluding carboxylic acids is 2. The highest BCUT2D eigenvalue weighted by atomic mass is 16.2. The first kappa shape index (κ1) is 22.2. The Balaban J connectivity index is 1.62. The van der Waals surface area contributed by atoms with Crippen molar-refractivity contribution in [2.45, 2.75) is 39.3 Å². The summed E-state index contributed by atoms with van der Waals surface area (Å²) < 4.78 is 0. The van der Waals surface area contributed by atoms with Crippen LogP contribution in [0.25, 0.3) is 0 Å². The second-order valence-corrected chi connectivity index (χ2v) is 8.51. The highest BCUT2D eigenvalue weighted by molar-refractivity contribution is 5.98. The summed E-state index contributed by atoms with van der Waals surface area (Å²) in [7, 11) is 0. The van der Waals surface area contributed by atoms with Gasteiger partial charge in [0.05, 0.1) is 17.2 Å². The molecule has 1 aromatic heterocycles. The van der Waals surface area contributed by atoms with E-state index in [1.165, 1.54) is 0 Å². The Kier molecular flexibility index (Phi) is 6.54. The van der Waals surface area contributed by atoms with Crippen molar-refractivity contribution in [3.8, 4) is 6.07 Å². The molecule has 0 saturated carbocycles. The molecule has 8 nitrogen and oxygen atoms in total. The molecule has 2 aromatic rings. The molecule has 2 atom stereocenters. The molecular formula is C23H28N6O2. The summed E-state index contributed by atoms with van der Waals surface area (Å²) in [5, 5.41) is 11.9. The lowest BCUT2D eigenvalue weighted by atomic mass is 9.93. The van der Waals surface area contributed by atoms with Gasteiger partial charge in [-0.2, -0.15) is 5.26 Å². The highest BCUT2D eigenvalue weighted by Crippen LogP contribution is 2.24. The van der Waals surface area contributed by atoms with Gasteiger partial charge in [0.25, 0.3) is 0 Å². The number of aromatic nitrogens is 2. The van der Waals surface area contributed by atoms with Crippen molar-refractivity contribution in [3.05, 3.63) is 53.9 Å². The number of Topliss-reactive ketones (excluding diaryl/α,β-unsaturated/α-hetero) is 1. The molecule has 0 aliphatic carbocycles. The predicted molar refractivity (Wildman–Crippen MR) is 118 cm³/mol. The fourth-order valence-corrected chi connectivity index (χ4v) is 3.75. The molecule has 1 fully saturated rings. The van der Waals surface area contributed by atoms with Crippen LogP contribution in [0.2, 0.25) is 0 Å². The zero-order valence-electron chi connectivity index (χ0n) is 18.4. The third-order valence-corrected chi connectivity index (χ3v) is 5.80. The summed E-state index contributed by atoms with van der Waals surface area (Å²) in [5.41, 5.74) is 0.610. The normalized spacial score (nSPS) is 17.4. The van der Waals surface area contributed by atoms with Gasteiger partial charge in [-0.3, -0.25) is 4.79 Å². The van der Waals surface area contributed by atoms with Crippen LogP contribution in [-0.2, 0) is 0 Å². The van der Waals surface area contributed by atoms with Gasteiger partial charge in [-0.25, -0.2) is 14.8 Å². The average Bonchev–Trinajstić information content (AvgIpc) is 2.77. The molecule has 3 rings (SSSR count). The van der Waals surface area contributed by atoms with E-state index in [1.807, 2.05) is 31.7 Å². The van der Waals surface area contributed by atoms with E-state index in [4.69, 9.17) is 5.26 Å². The third-order valence-electron chi connectivity index (χ3n) is 5.80. The first-order valence-corrected chi connectivity index (χ1v) is 10.4. The van der Waals surface area contributed by atoms with Gasteiger partial charge in [0.2, 0.25) is 5.95 Å². The Hall–Kier alpha value is -3.47. The molecule has 0 radical (unpaired) electrons. The Bertz CT molecular complexity index is 968. The van der Waals surface area contributed by atoms with E-state index < -0.39 is 11.5 Å². The Labute approximate surface area is 182 Å². The predicted octanol–water partition coefficient (Wildman–Crippen LogP) is 2.87. The van der Waals surface area contributed by atoms with Crippen molar-refractivity contribution in [2.24, 2.45) is 5.92 Å². The fourth-order valence-electron chi connectivity index (χ4n) is 3.75. The summed E-state index contributed by atoms with van der Waals surface area (Å²) in [6.45, 7) is 9.44. The van der Waals surface area contributed by atoms with E-state index in [2.05, 4.69) is 20.2 Å². The van der Waals surface area contributed by atoms with Crippen molar-refractivity contribution in [1.29, 1.82) is 5.26 Å². The number of rotatable bonds is 5. The number of carbonyl (C=O) groups is 2. The highest BCUT2D eigenvalue weighted by Gasteiger charge is 2.38. The molecule has 0 spiro atoms. The quantitative estimate of drug-likeness (QED) is 0.746. The number of amides is 2. The Morgan fingerprint density at radius 1 is 1.13 bits per heavy atom. The molecule has 31 heavy (non-hydrogen) atoms. The van der Waals surface area contributed by atoms with E-state index >= 15 is 0 Å². The number of hydrogen-bond acceptors (Lipinski definition) is 6. The van der Waals surface area contributed by atoms with Crippen LogP contribution in [0.5, 0.6) is 0 Å². The number of hydrogen-bond donors (Lipinski definition) is 1. The summed E-state index contributed by atoms with van der Waals surface area (Å²) in [4.78, 5) is 38.3. The first-order chi connectivity index (χ1) is 14.7. The van der Waals surface area contributed by atoms with Crippen LogP contribution in [-0.4, -0.2) is 57.9 Å². The molecule has 1 aromatic carbocycles. The number of nitrogens with zero attached hydrogens (tertiary/aromatic N) is 5. The molecular weight excluding hydrogens is 392 g/mol. The number of nitrogens with one attached hydrogen (secondary N) is 1. The number of benzene rings is 1. The van der Waals surface area contributed by atoms with E-state index in [9.17, 15) is 9.59 Å². The van der Waals surface area contributed by atoms with Gasteiger partial charge in [0, 0.05) is 49.6 Å². The minimum atomic E-state index is -0.429. The molecule has 1 saturated heterocycles. The minimum Gasteiger partial charge on any atom is -0.337 e. The lowest BCUT2D eigenvalue weighted by Crippen LogP contribution is -2.64. The maximum atomic E-state index is 13.0. The number of ketones is 1. The smallest absolute Gasteiger partial charge is 0.318 e. The lowest BCUT2D eigenvalue weighted by molar-refractivity contribution is 0.0897. The molecule has 2 heterocycles. The summed E-state index contributed by atoms with van der Waals surface area (Å²) >= 11 is 0. The van der Waals surface area contributed by atoms with Gasteiger partial charge >= 0.3 is 6.03 Å². The minimum absolute atomic E-state index is 0.0670. The van der Waals surface area contributed by atoms with Crippen molar-refractivity contribution in [3.63, 3.8) is 0 Å². The largest absolute Gasteiger partial charge is 0.337 e. The summed E-state index contributed by atoms with van der Waals surface area (Å²) in [6.07, 6.45) is 3.42. The zero-order chi connectivity index (χ0) is 22.6. The second-order valence-electron chi connectivity index (χ2n) is 8.51. The second kappa shape index (κ2) is 9.13.